The Morgan fingerprint density at radius 3 is 2.48 bits per heavy atom. The van der Waals surface area contributed by atoms with Crippen LogP contribution >= 0.6 is 0 Å². The first-order valence-electron chi connectivity index (χ1n) is 7.77. The number of hydrogen-bond donors (Lipinski definition) is 2. The topological polar surface area (TPSA) is 55.8 Å². The third-order valence-corrected chi connectivity index (χ3v) is 4.25. The second-order valence-electron chi connectivity index (χ2n) is 5.82. The molecule has 0 saturated carbocycles. The van der Waals surface area contributed by atoms with Gasteiger partial charge in [0, 0.05) is 32.2 Å². The van der Waals surface area contributed by atoms with E-state index in [0.717, 1.165) is 31.6 Å². The minimum atomic E-state index is -0.488. The molecule has 2 aromatic carbocycles. The summed E-state index contributed by atoms with van der Waals surface area (Å²) in [5.41, 5.74) is 5.73. The van der Waals surface area contributed by atoms with Crippen LogP contribution in [0.15, 0.2) is 48.5 Å². The van der Waals surface area contributed by atoms with Crippen LogP contribution < -0.4 is 15.3 Å². The van der Waals surface area contributed by atoms with E-state index >= 15 is 0 Å². The van der Waals surface area contributed by atoms with Crippen molar-refractivity contribution in [3.63, 3.8) is 0 Å². The fourth-order valence-electron chi connectivity index (χ4n) is 3.00. The van der Waals surface area contributed by atoms with E-state index in [0.29, 0.717) is 5.56 Å². The lowest BCUT2D eigenvalue weighted by Gasteiger charge is -2.26. The van der Waals surface area contributed by atoms with Crippen molar-refractivity contribution >= 4 is 17.3 Å². The predicted octanol–water partition coefficient (Wildman–Crippen LogP) is 2.65. The molecule has 0 aliphatic carbocycles. The lowest BCUT2D eigenvalue weighted by atomic mass is 10.1. The summed E-state index contributed by atoms with van der Waals surface area (Å²) in [5, 5.41) is 8.67. The zero-order valence-corrected chi connectivity index (χ0v) is 13.2. The van der Waals surface area contributed by atoms with Gasteiger partial charge >= 0.3 is 0 Å². The highest BCUT2D eigenvalue weighted by Gasteiger charge is 2.18. The standard InChI is InChI=1S/C18H21N3O2/c1-20-11-4-12-21(17-6-3-2-5-16(17)20)13-14-7-9-15(10-8-14)18(22)19-23/h2-3,5-10,23H,4,11-13H2,1H3,(H,19,22). The van der Waals surface area contributed by atoms with Crippen molar-refractivity contribution in [2.45, 2.75) is 13.0 Å². The number of amides is 1. The smallest absolute Gasteiger partial charge is 0.274 e. The summed E-state index contributed by atoms with van der Waals surface area (Å²) in [6.07, 6.45) is 1.11. The highest BCUT2D eigenvalue weighted by molar-refractivity contribution is 5.93. The summed E-state index contributed by atoms with van der Waals surface area (Å²) >= 11 is 0. The number of hydrogen-bond acceptors (Lipinski definition) is 4. The number of benzene rings is 2. The fourth-order valence-corrected chi connectivity index (χ4v) is 3.00. The molecule has 0 bridgehead atoms. The van der Waals surface area contributed by atoms with Crippen molar-refractivity contribution in [1.29, 1.82) is 0 Å². The van der Waals surface area contributed by atoms with E-state index in [1.807, 2.05) is 12.1 Å². The first-order chi connectivity index (χ1) is 11.2. The minimum absolute atomic E-state index is 0.451. The molecule has 5 nitrogen and oxygen atoms in total. The third kappa shape index (κ3) is 3.29. The zero-order chi connectivity index (χ0) is 16.2. The van der Waals surface area contributed by atoms with Crippen LogP contribution in [0.5, 0.6) is 0 Å². The molecule has 23 heavy (non-hydrogen) atoms. The van der Waals surface area contributed by atoms with Gasteiger partial charge in [0.1, 0.15) is 0 Å². The Kier molecular flexibility index (Phi) is 4.48. The van der Waals surface area contributed by atoms with Gasteiger partial charge in [-0.2, -0.15) is 0 Å². The molecular weight excluding hydrogens is 290 g/mol. The molecule has 0 saturated heterocycles. The molecule has 0 atom stereocenters. The van der Waals surface area contributed by atoms with Gasteiger partial charge in [0.2, 0.25) is 0 Å². The van der Waals surface area contributed by atoms with Gasteiger partial charge in [0.15, 0.2) is 0 Å². The first-order valence-corrected chi connectivity index (χ1v) is 7.77. The van der Waals surface area contributed by atoms with Gasteiger partial charge in [-0.1, -0.05) is 24.3 Å². The molecule has 0 spiro atoms. The Morgan fingerprint density at radius 2 is 1.78 bits per heavy atom. The Labute approximate surface area is 136 Å². The summed E-state index contributed by atoms with van der Waals surface area (Å²) in [6, 6.07) is 15.8. The summed E-state index contributed by atoms with van der Waals surface area (Å²) in [5.74, 6) is -0.488. The number of carbonyl (C=O) groups excluding carboxylic acids is 1. The minimum Gasteiger partial charge on any atom is -0.373 e. The van der Waals surface area contributed by atoms with Gasteiger partial charge < -0.3 is 9.80 Å². The van der Waals surface area contributed by atoms with E-state index in [-0.39, 0.29) is 0 Å². The summed E-state index contributed by atoms with van der Waals surface area (Å²) in [4.78, 5) is 16.1. The number of nitrogens with zero attached hydrogens (tertiary/aromatic N) is 2. The van der Waals surface area contributed by atoms with Gasteiger partial charge in [-0.05, 0) is 36.2 Å². The quantitative estimate of drug-likeness (QED) is 0.676. The molecule has 1 aliphatic rings. The lowest BCUT2D eigenvalue weighted by molar-refractivity contribution is 0.0706. The molecule has 0 fully saturated rings. The van der Waals surface area contributed by atoms with Crippen LogP contribution in [0, 0.1) is 0 Å². The van der Waals surface area contributed by atoms with Gasteiger partial charge in [-0.3, -0.25) is 10.0 Å². The van der Waals surface area contributed by atoms with Crippen LogP contribution in [-0.4, -0.2) is 31.3 Å². The highest BCUT2D eigenvalue weighted by atomic mass is 16.5. The van der Waals surface area contributed by atoms with Gasteiger partial charge in [-0.15, -0.1) is 0 Å². The molecular formula is C18H21N3O2. The maximum absolute atomic E-state index is 11.4. The molecule has 0 aromatic heterocycles. The van der Waals surface area contributed by atoms with E-state index in [1.165, 1.54) is 11.4 Å². The maximum Gasteiger partial charge on any atom is 0.274 e. The van der Waals surface area contributed by atoms with E-state index in [1.54, 1.807) is 17.6 Å². The Hall–Kier alpha value is -2.53. The Balaban J connectivity index is 1.82. The van der Waals surface area contributed by atoms with Crippen LogP contribution in [0.3, 0.4) is 0 Å². The third-order valence-electron chi connectivity index (χ3n) is 4.25. The van der Waals surface area contributed by atoms with Crippen LogP contribution in [0.25, 0.3) is 0 Å². The molecule has 2 N–H and O–H groups in total. The van der Waals surface area contributed by atoms with E-state index in [2.05, 4.69) is 41.1 Å². The predicted molar refractivity (Wildman–Crippen MR) is 91.1 cm³/mol. The number of hydroxylamine groups is 1. The summed E-state index contributed by atoms with van der Waals surface area (Å²) in [7, 11) is 2.13. The number of anilines is 2. The number of nitrogens with one attached hydrogen (secondary N) is 1. The van der Waals surface area contributed by atoms with Crippen molar-refractivity contribution in [3.8, 4) is 0 Å². The molecule has 0 radical (unpaired) electrons. The normalized spacial score (nSPS) is 14.2. The second kappa shape index (κ2) is 6.71. The SMILES string of the molecule is CN1CCCN(Cc2ccc(C(=O)NO)cc2)c2ccccc21. The van der Waals surface area contributed by atoms with Crippen molar-refractivity contribution in [1.82, 2.24) is 5.48 Å². The number of carbonyl (C=O) groups is 1. The highest BCUT2D eigenvalue weighted by Crippen LogP contribution is 2.32. The van der Waals surface area contributed by atoms with Gasteiger partial charge in [-0.25, -0.2) is 5.48 Å². The fraction of sp³-hybridized carbons (Fsp3) is 0.278. The van der Waals surface area contributed by atoms with Crippen molar-refractivity contribution in [2.24, 2.45) is 0 Å². The maximum atomic E-state index is 11.4. The van der Waals surface area contributed by atoms with E-state index in [4.69, 9.17) is 5.21 Å². The van der Waals surface area contributed by atoms with E-state index < -0.39 is 5.91 Å². The monoisotopic (exact) mass is 311 g/mol. The van der Waals surface area contributed by atoms with Crippen LogP contribution in [0.1, 0.15) is 22.3 Å². The van der Waals surface area contributed by atoms with Gasteiger partial charge in [0.25, 0.3) is 5.91 Å². The number of rotatable bonds is 3. The van der Waals surface area contributed by atoms with Crippen molar-refractivity contribution in [3.05, 3.63) is 59.7 Å². The number of para-hydroxylation sites is 2. The van der Waals surface area contributed by atoms with Crippen LogP contribution in [0.4, 0.5) is 11.4 Å². The summed E-state index contributed by atoms with van der Waals surface area (Å²) < 4.78 is 0. The first kappa shape index (κ1) is 15.4. The Morgan fingerprint density at radius 1 is 1.09 bits per heavy atom. The van der Waals surface area contributed by atoms with Crippen LogP contribution in [0.2, 0.25) is 0 Å². The average molecular weight is 311 g/mol. The largest absolute Gasteiger partial charge is 0.373 e. The van der Waals surface area contributed by atoms with Crippen molar-refractivity contribution in [2.75, 3.05) is 29.9 Å². The number of fused-ring (bicyclic) bond motifs is 1. The second-order valence-corrected chi connectivity index (χ2v) is 5.82. The van der Waals surface area contributed by atoms with Gasteiger partial charge in [0.05, 0.1) is 11.4 Å². The lowest BCUT2D eigenvalue weighted by Crippen LogP contribution is -2.23. The van der Waals surface area contributed by atoms with Crippen molar-refractivity contribution < 1.29 is 10.0 Å². The molecule has 2 aromatic rings. The molecule has 1 amide bonds. The molecule has 0 unspecified atom stereocenters. The molecule has 1 heterocycles. The van der Waals surface area contributed by atoms with Crippen LogP contribution in [-0.2, 0) is 6.54 Å². The summed E-state index contributed by atoms with van der Waals surface area (Å²) in [6.45, 7) is 2.84. The molecule has 3 rings (SSSR count). The van der Waals surface area contributed by atoms with E-state index in [9.17, 15) is 4.79 Å². The molecule has 1 aliphatic heterocycles. The molecule has 5 heteroatoms. The average Bonchev–Trinajstić information content (AvgIpc) is 2.75. The Bertz CT molecular complexity index is 685. The molecule has 120 valence electrons. The zero-order valence-electron chi connectivity index (χ0n) is 13.2.